The minimum Gasteiger partial charge on any atom is -0.508 e. The number of carbonyl (C=O) groups is 1. The molecule has 4 N–H and O–H groups in total. The Balaban J connectivity index is 2.44. The van der Waals surface area contributed by atoms with Gasteiger partial charge in [-0.2, -0.15) is 0 Å². The lowest BCUT2D eigenvalue weighted by Crippen LogP contribution is -2.44. The number of amides is 1. The molecule has 0 saturated carbocycles. The van der Waals surface area contributed by atoms with Crippen molar-refractivity contribution in [2.45, 2.75) is 24.6 Å². The summed E-state index contributed by atoms with van der Waals surface area (Å²) in [5.41, 5.74) is 6.68. The number of phenols is 1. The van der Waals surface area contributed by atoms with Crippen LogP contribution in [0.25, 0.3) is 0 Å². The van der Waals surface area contributed by atoms with Crippen LogP contribution in [-0.4, -0.2) is 39.3 Å². The second-order valence-electron chi connectivity index (χ2n) is 4.53. The van der Waals surface area contributed by atoms with E-state index in [1.54, 1.807) is 30.5 Å². The number of nitrogens with two attached hydrogens (primary N) is 1. The van der Waals surface area contributed by atoms with Crippen molar-refractivity contribution in [1.82, 2.24) is 5.32 Å². The van der Waals surface area contributed by atoms with E-state index in [1.807, 2.05) is 6.92 Å². The summed E-state index contributed by atoms with van der Waals surface area (Å²) < 4.78 is 11.2. The number of carbonyl (C=O) groups excluding carboxylic acids is 1. The standard InChI is InChI=1S/C13H20N2O3S/c1-9(19(2)18)8-15-13(17)12(14)7-10-3-5-11(16)6-4-10/h3-6,9,12,16H,7-8,14H2,1-2H3,(H,15,17). The first-order valence-electron chi connectivity index (χ1n) is 6.03. The summed E-state index contributed by atoms with van der Waals surface area (Å²) in [4.78, 5) is 11.8. The maximum Gasteiger partial charge on any atom is 0.237 e. The zero-order chi connectivity index (χ0) is 14.4. The lowest BCUT2D eigenvalue weighted by atomic mass is 10.1. The average molecular weight is 284 g/mol. The largest absolute Gasteiger partial charge is 0.508 e. The van der Waals surface area contributed by atoms with E-state index in [1.165, 1.54) is 0 Å². The molecule has 0 aliphatic rings. The molecule has 0 heterocycles. The van der Waals surface area contributed by atoms with Crippen molar-refractivity contribution in [3.8, 4) is 5.75 Å². The molecule has 106 valence electrons. The molecule has 0 bridgehead atoms. The second kappa shape index (κ2) is 7.25. The van der Waals surface area contributed by atoms with Crippen LogP contribution in [0, 0.1) is 0 Å². The van der Waals surface area contributed by atoms with Crippen LogP contribution < -0.4 is 11.1 Å². The topological polar surface area (TPSA) is 92.4 Å². The van der Waals surface area contributed by atoms with Gasteiger partial charge in [0.1, 0.15) is 5.75 Å². The third-order valence-electron chi connectivity index (χ3n) is 2.86. The third kappa shape index (κ3) is 5.40. The summed E-state index contributed by atoms with van der Waals surface area (Å²) in [5, 5.41) is 11.8. The van der Waals surface area contributed by atoms with E-state index in [0.717, 1.165) is 5.56 Å². The molecule has 0 aromatic heterocycles. The molecule has 19 heavy (non-hydrogen) atoms. The number of aromatic hydroxyl groups is 1. The van der Waals surface area contributed by atoms with Gasteiger partial charge in [0.15, 0.2) is 0 Å². The highest BCUT2D eigenvalue weighted by molar-refractivity contribution is 7.84. The Morgan fingerprint density at radius 1 is 1.42 bits per heavy atom. The molecule has 0 aliphatic heterocycles. The van der Waals surface area contributed by atoms with Gasteiger partial charge >= 0.3 is 0 Å². The van der Waals surface area contributed by atoms with Crippen LogP contribution >= 0.6 is 0 Å². The quantitative estimate of drug-likeness (QED) is 0.693. The van der Waals surface area contributed by atoms with E-state index >= 15 is 0 Å². The SMILES string of the molecule is CC(CNC(=O)C(N)Cc1ccc(O)cc1)S(C)=O. The first kappa shape index (κ1) is 15.7. The fourth-order valence-electron chi connectivity index (χ4n) is 1.47. The van der Waals surface area contributed by atoms with Crippen molar-refractivity contribution in [3.63, 3.8) is 0 Å². The Kier molecular flexibility index (Phi) is 5.98. The van der Waals surface area contributed by atoms with Crippen LogP contribution in [0.15, 0.2) is 24.3 Å². The first-order valence-corrected chi connectivity index (χ1v) is 7.65. The van der Waals surface area contributed by atoms with E-state index in [-0.39, 0.29) is 16.9 Å². The predicted octanol–water partition coefficient (Wildman–Crippen LogP) is 0.145. The Morgan fingerprint density at radius 3 is 2.53 bits per heavy atom. The molecule has 0 saturated heterocycles. The van der Waals surface area contributed by atoms with Gasteiger partial charge in [-0.05, 0) is 31.0 Å². The molecule has 6 heteroatoms. The number of nitrogens with one attached hydrogen (secondary N) is 1. The maximum absolute atomic E-state index is 11.8. The summed E-state index contributed by atoms with van der Waals surface area (Å²) in [6, 6.07) is 5.92. The summed E-state index contributed by atoms with van der Waals surface area (Å²) in [6.45, 7) is 2.16. The average Bonchev–Trinajstić information content (AvgIpc) is 2.37. The maximum atomic E-state index is 11.8. The second-order valence-corrected chi connectivity index (χ2v) is 6.33. The summed E-state index contributed by atoms with van der Waals surface area (Å²) in [7, 11) is -0.964. The van der Waals surface area contributed by atoms with Crippen LogP contribution in [-0.2, 0) is 22.0 Å². The molecule has 0 spiro atoms. The highest BCUT2D eigenvalue weighted by atomic mass is 32.2. The monoisotopic (exact) mass is 284 g/mol. The third-order valence-corrected chi connectivity index (χ3v) is 4.16. The lowest BCUT2D eigenvalue weighted by molar-refractivity contribution is -0.122. The minimum atomic E-state index is -0.964. The molecule has 0 fully saturated rings. The smallest absolute Gasteiger partial charge is 0.237 e. The summed E-state index contributed by atoms with van der Waals surface area (Å²) in [5.74, 6) is -0.0774. The van der Waals surface area contributed by atoms with E-state index in [9.17, 15) is 9.00 Å². The van der Waals surface area contributed by atoms with Gasteiger partial charge in [-0.3, -0.25) is 9.00 Å². The van der Waals surface area contributed by atoms with Crippen LogP contribution in [0.2, 0.25) is 0 Å². The summed E-state index contributed by atoms with van der Waals surface area (Å²) >= 11 is 0. The van der Waals surface area contributed by atoms with Crippen LogP contribution in [0.1, 0.15) is 12.5 Å². The Hall–Kier alpha value is -1.40. The highest BCUT2D eigenvalue weighted by Gasteiger charge is 2.15. The van der Waals surface area contributed by atoms with Crippen molar-refractivity contribution < 1.29 is 14.1 Å². The Morgan fingerprint density at radius 2 is 2.00 bits per heavy atom. The van der Waals surface area contributed by atoms with Gasteiger partial charge in [-0.15, -0.1) is 0 Å². The fourth-order valence-corrected chi connectivity index (χ4v) is 1.79. The molecule has 0 radical (unpaired) electrons. The summed E-state index contributed by atoms with van der Waals surface area (Å²) in [6.07, 6.45) is 2.00. The molecule has 1 aromatic rings. The van der Waals surface area contributed by atoms with Gasteiger partial charge in [0, 0.05) is 28.9 Å². The molecular weight excluding hydrogens is 264 g/mol. The number of rotatable bonds is 6. The highest BCUT2D eigenvalue weighted by Crippen LogP contribution is 2.10. The zero-order valence-corrected chi connectivity index (χ0v) is 11.9. The number of phenolic OH excluding ortho intramolecular Hbond substituents is 1. The molecule has 3 unspecified atom stereocenters. The van der Waals surface area contributed by atoms with Crippen molar-refractivity contribution in [2.75, 3.05) is 12.8 Å². The van der Waals surface area contributed by atoms with Gasteiger partial charge in [0.25, 0.3) is 0 Å². The normalized spacial score (nSPS) is 15.5. The first-order chi connectivity index (χ1) is 8.90. The molecular formula is C13H20N2O3S. The molecule has 0 aliphatic carbocycles. The van der Waals surface area contributed by atoms with Crippen LogP contribution in [0.5, 0.6) is 5.75 Å². The molecule has 1 rings (SSSR count). The van der Waals surface area contributed by atoms with E-state index in [0.29, 0.717) is 13.0 Å². The number of hydrogen-bond acceptors (Lipinski definition) is 4. The molecule has 1 aromatic carbocycles. The van der Waals surface area contributed by atoms with Crippen molar-refractivity contribution in [3.05, 3.63) is 29.8 Å². The Labute approximate surface area is 115 Å². The van der Waals surface area contributed by atoms with Gasteiger partial charge in [-0.25, -0.2) is 0 Å². The van der Waals surface area contributed by atoms with Gasteiger partial charge in [-0.1, -0.05) is 12.1 Å². The number of hydrogen-bond donors (Lipinski definition) is 3. The van der Waals surface area contributed by atoms with E-state index in [4.69, 9.17) is 10.8 Å². The Bertz CT molecular complexity index is 448. The van der Waals surface area contributed by atoms with Crippen LogP contribution in [0.3, 0.4) is 0 Å². The van der Waals surface area contributed by atoms with Gasteiger partial charge < -0.3 is 16.2 Å². The van der Waals surface area contributed by atoms with Gasteiger partial charge in [0.2, 0.25) is 5.91 Å². The zero-order valence-electron chi connectivity index (χ0n) is 11.1. The fraction of sp³-hybridized carbons (Fsp3) is 0.462. The predicted molar refractivity (Wildman–Crippen MR) is 76.3 cm³/mol. The molecule has 5 nitrogen and oxygen atoms in total. The van der Waals surface area contributed by atoms with E-state index in [2.05, 4.69) is 5.32 Å². The van der Waals surface area contributed by atoms with E-state index < -0.39 is 16.8 Å². The molecule has 1 amide bonds. The minimum absolute atomic E-state index is 0.0928. The van der Waals surface area contributed by atoms with Crippen LogP contribution in [0.4, 0.5) is 0 Å². The number of benzene rings is 1. The molecule has 3 atom stereocenters. The van der Waals surface area contributed by atoms with Crippen molar-refractivity contribution >= 4 is 16.7 Å². The van der Waals surface area contributed by atoms with Crippen molar-refractivity contribution in [1.29, 1.82) is 0 Å². The van der Waals surface area contributed by atoms with Crippen molar-refractivity contribution in [2.24, 2.45) is 5.73 Å². The lowest BCUT2D eigenvalue weighted by Gasteiger charge is -2.14. The van der Waals surface area contributed by atoms with Gasteiger partial charge in [0.05, 0.1) is 6.04 Å².